The highest BCUT2D eigenvalue weighted by atomic mass is 15.2. The second kappa shape index (κ2) is 12.0. The van der Waals surface area contributed by atoms with Gasteiger partial charge < -0.3 is 9.80 Å². The first-order valence-electron chi connectivity index (χ1n) is 18.5. The molecule has 2 aliphatic heterocycles. The molecule has 7 aromatic rings. The summed E-state index contributed by atoms with van der Waals surface area (Å²) >= 11 is 0. The van der Waals surface area contributed by atoms with E-state index < -0.39 is 0 Å². The molecule has 0 N–H and O–H groups in total. The lowest BCUT2D eigenvalue weighted by Gasteiger charge is -2.32. The van der Waals surface area contributed by atoms with Gasteiger partial charge in [0.05, 0.1) is 11.4 Å². The molecule has 10 rings (SSSR count). The fourth-order valence-electron chi connectivity index (χ4n) is 8.75. The monoisotopic (exact) mass is 668 g/mol. The van der Waals surface area contributed by atoms with E-state index in [4.69, 9.17) is 0 Å². The number of rotatable bonds is 4. The molecule has 0 bridgehead atoms. The third kappa shape index (κ3) is 5.01. The molecule has 2 heterocycles. The summed E-state index contributed by atoms with van der Waals surface area (Å²) in [6, 6.07) is 53.9. The van der Waals surface area contributed by atoms with E-state index in [1.165, 1.54) is 90.0 Å². The Hall–Kier alpha value is -6.12. The highest BCUT2D eigenvalue weighted by Crippen LogP contribution is 2.51. The first-order chi connectivity index (χ1) is 25.5. The van der Waals surface area contributed by atoms with Crippen LogP contribution in [-0.4, -0.2) is 6.54 Å². The van der Waals surface area contributed by atoms with Crippen molar-refractivity contribution in [1.82, 2.24) is 0 Å². The van der Waals surface area contributed by atoms with Crippen molar-refractivity contribution in [2.45, 2.75) is 32.1 Å². The van der Waals surface area contributed by atoms with Crippen molar-refractivity contribution in [2.75, 3.05) is 16.3 Å². The number of fused-ring (bicyclic) bond motifs is 7. The predicted molar refractivity (Wildman–Crippen MR) is 222 cm³/mol. The van der Waals surface area contributed by atoms with Crippen LogP contribution in [0.3, 0.4) is 0 Å². The highest BCUT2D eigenvalue weighted by Gasteiger charge is 2.36. The minimum atomic E-state index is -0.0784. The van der Waals surface area contributed by atoms with Crippen molar-refractivity contribution in [1.29, 1.82) is 0 Å². The van der Waals surface area contributed by atoms with Crippen LogP contribution >= 0.6 is 0 Å². The molecule has 0 atom stereocenters. The molecule has 0 spiro atoms. The van der Waals surface area contributed by atoms with Crippen LogP contribution in [-0.2, 0) is 11.8 Å². The Morgan fingerprint density at radius 3 is 1.87 bits per heavy atom. The summed E-state index contributed by atoms with van der Waals surface area (Å²) in [6.07, 6.45) is 11.3. The molecular weight excluding hydrogens is 629 g/mol. The van der Waals surface area contributed by atoms with Crippen molar-refractivity contribution in [3.05, 3.63) is 185 Å². The van der Waals surface area contributed by atoms with E-state index >= 15 is 0 Å². The maximum Gasteiger partial charge on any atom is 0.0534 e. The summed E-state index contributed by atoms with van der Waals surface area (Å²) in [7, 11) is 0. The van der Waals surface area contributed by atoms with E-state index in [-0.39, 0.29) is 5.41 Å². The van der Waals surface area contributed by atoms with Crippen LogP contribution < -0.4 is 9.80 Å². The van der Waals surface area contributed by atoms with Gasteiger partial charge >= 0.3 is 0 Å². The normalized spacial score (nSPS) is 15.2. The molecule has 1 aliphatic carbocycles. The average Bonchev–Trinajstić information content (AvgIpc) is 3.29. The second-order valence-corrected chi connectivity index (χ2v) is 15.0. The molecule has 0 saturated heterocycles. The molecule has 250 valence electrons. The topological polar surface area (TPSA) is 6.48 Å². The molecule has 2 heteroatoms. The first kappa shape index (κ1) is 30.7. The van der Waals surface area contributed by atoms with Gasteiger partial charge in [0.25, 0.3) is 0 Å². The standard InChI is InChI=1S/C50H40N2/c1-50(2)45-31-35(20-27-43(45)44-28-26-41(33-46(44)50)51-29-9-13-36-10-3-6-14-47(36)51)18-17-34-19-21-40-32-42(25-24-39(40)30-34)52-48-15-7-4-11-37(48)22-23-38-12-5-8-16-49(38)52/h3-8,10-12,14-28,30-33H,9,13,29H2,1-2H3/b18-17+. The Bertz CT molecular complexity index is 2550. The molecule has 0 saturated carbocycles. The maximum absolute atomic E-state index is 2.52. The zero-order chi connectivity index (χ0) is 34.8. The van der Waals surface area contributed by atoms with Crippen molar-refractivity contribution < 1.29 is 0 Å². The SMILES string of the molecule is CC1(C)c2cc(/C=C/c3ccc4cc(N5c6ccccc6C=Cc6ccccc65)ccc4c3)ccc2-c2ccc(N3CCCc4ccccc43)cc21. The highest BCUT2D eigenvalue weighted by molar-refractivity contribution is 5.96. The third-order valence-electron chi connectivity index (χ3n) is 11.5. The van der Waals surface area contributed by atoms with Crippen LogP contribution in [0.2, 0.25) is 0 Å². The number of nitrogens with zero attached hydrogens (tertiary/aromatic N) is 2. The van der Waals surface area contributed by atoms with E-state index in [9.17, 15) is 0 Å². The molecule has 2 nitrogen and oxygen atoms in total. The lowest BCUT2D eigenvalue weighted by Crippen LogP contribution is -2.25. The fraction of sp³-hybridized carbons (Fsp3) is 0.120. The van der Waals surface area contributed by atoms with Crippen LogP contribution in [0.15, 0.2) is 146 Å². The summed E-state index contributed by atoms with van der Waals surface area (Å²) in [6.45, 7) is 5.83. The van der Waals surface area contributed by atoms with Crippen molar-refractivity contribution in [3.63, 3.8) is 0 Å². The molecule has 7 aromatic carbocycles. The second-order valence-electron chi connectivity index (χ2n) is 15.0. The summed E-state index contributed by atoms with van der Waals surface area (Å²) in [4.78, 5) is 4.90. The lowest BCUT2D eigenvalue weighted by molar-refractivity contribution is 0.659. The number of anilines is 5. The molecule has 0 unspecified atom stereocenters. The molecule has 0 aromatic heterocycles. The number of hydrogen-bond donors (Lipinski definition) is 0. The summed E-state index contributed by atoms with van der Waals surface area (Å²) in [5, 5.41) is 2.46. The van der Waals surface area contributed by atoms with E-state index in [1.807, 2.05) is 0 Å². The molecule has 0 radical (unpaired) electrons. The fourth-order valence-corrected chi connectivity index (χ4v) is 8.75. The first-order valence-corrected chi connectivity index (χ1v) is 18.5. The molecule has 0 fully saturated rings. The van der Waals surface area contributed by atoms with E-state index in [1.54, 1.807) is 0 Å². The van der Waals surface area contributed by atoms with Crippen molar-refractivity contribution in [2.24, 2.45) is 0 Å². The summed E-state index contributed by atoms with van der Waals surface area (Å²) in [5.41, 5.74) is 18.0. The zero-order valence-corrected chi connectivity index (χ0v) is 29.7. The van der Waals surface area contributed by atoms with Gasteiger partial charge in [-0.15, -0.1) is 0 Å². The lowest BCUT2D eigenvalue weighted by atomic mass is 9.81. The summed E-state index contributed by atoms with van der Waals surface area (Å²) in [5.74, 6) is 0. The van der Waals surface area contributed by atoms with Gasteiger partial charge in [0, 0.05) is 29.0 Å². The van der Waals surface area contributed by atoms with Crippen molar-refractivity contribution in [3.8, 4) is 11.1 Å². The minimum Gasteiger partial charge on any atom is -0.341 e. The Balaban J connectivity index is 0.933. The van der Waals surface area contributed by atoms with Gasteiger partial charge in [0.1, 0.15) is 0 Å². The number of benzene rings is 7. The van der Waals surface area contributed by atoms with E-state index in [0.29, 0.717) is 0 Å². The molecule has 52 heavy (non-hydrogen) atoms. The van der Waals surface area contributed by atoms with Crippen LogP contribution in [0.25, 0.3) is 46.2 Å². The Morgan fingerprint density at radius 2 is 1.10 bits per heavy atom. The number of hydrogen-bond acceptors (Lipinski definition) is 2. The molecule has 0 amide bonds. The third-order valence-corrected chi connectivity index (χ3v) is 11.5. The Morgan fingerprint density at radius 1 is 0.519 bits per heavy atom. The Labute approximate surface area is 306 Å². The van der Waals surface area contributed by atoms with Gasteiger partial charge in [-0.05, 0) is 122 Å². The number of aryl methyl sites for hydroxylation is 1. The van der Waals surface area contributed by atoms with Gasteiger partial charge in [0.2, 0.25) is 0 Å². The largest absolute Gasteiger partial charge is 0.341 e. The van der Waals surface area contributed by atoms with Crippen LogP contribution in [0.1, 0.15) is 59.2 Å². The molecule has 3 aliphatic rings. The van der Waals surface area contributed by atoms with Gasteiger partial charge in [-0.3, -0.25) is 0 Å². The Kier molecular flexibility index (Phi) is 7.08. The van der Waals surface area contributed by atoms with Gasteiger partial charge in [0.15, 0.2) is 0 Å². The van der Waals surface area contributed by atoms with Crippen LogP contribution in [0.5, 0.6) is 0 Å². The van der Waals surface area contributed by atoms with Crippen molar-refractivity contribution >= 4 is 63.5 Å². The van der Waals surface area contributed by atoms with Crippen LogP contribution in [0, 0.1) is 0 Å². The quantitative estimate of drug-likeness (QED) is 0.172. The predicted octanol–water partition coefficient (Wildman–Crippen LogP) is 13.4. The van der Waals surface area contributed by atoms with Gasteiger partial charge in [-0.1, -0.05) is 135 Å². The zero-order valence-electron chi connectivity index (χ0n) is 29.7. The summed E-state index contributed by atoms with van der Waals surface area (Å²) < 4.78 is 0. The number of para-hydroxylation sites is 3. The average molecular weight is 669 g/mol. The van der Waals surface area contributed by atoms with E-state index in [2.05, 4.69) is 194 Å². The van der Waals surface area contributed by atoms with Gasteiger partial charge in [-0.25, -0.2) is 0 Å². The molecular formula is C50H40N2. The minimum absolute atomic E-state index is 0.0784. The van der Waals surface area contributed by atoms with Crippen LogP contribution in [0.4, 0.5) is 28.4 Å². The smallest absolute Gasteiger partial charge is 0.0534 e. The maximum atomic E-state index is 2.52. The van der Waals surface area contributed by atoms with Gasteiger partial charge in [-0.2, -0.15) is 0 Å². The van der Waals surface area contributed by atoms with E-state index in [0.717, 1.165) is 18.7 Å².